The van der Waals surface area contributed by atoms with E-state index in [-0.39, 0.29) is 18.8 Å². The maximum Gasteiger partial charge on any atom is 0.508 e. The lowest BCUT2D eigenvalue weighted by Gasteiger charge is -2.40. The van der Waals surface area contributed by atoms with Crippen molar-refractivity contribution in [3.8, 4) is 0 Å². The van der Waals surface area contributed by atoms with E-state index in [4.69, 9.17) is 23.7 Å². The molecule has 9 nitrogen and oxygen atoms in total. The number of esters is 1. The zero-order valence-corrected chi connectivity index (χ0v) is 14.0. The van der Waals surface area contributed by atoms with Crippen LogP contribution in [0.2, 0.25) is 0 Å². The van der Waals surface area contributed by atoms with Gasteiger partial charge in [-0.25, -0.2) is 9.59 Å². The first-order chi connectivity index (χ1) is 11.3. The van der Waals surface area contributed by atoms with Crippen LogP contribution in [0.25, 0.3) is 0 Å². The summed E-state index contributed by atoms with van der Waals surface area (Å²) in [7, 11) is 1.32. The van der Waals surface area contributed by atoms with Crippen LogP contribution in [0, 0.1) is 0 Å². The van der Waals surface area contributed by atoms with E-state index in [2.05, 4.69) is 6.58 Å². The Bertz CT molecular complexity index is 434. The summed E-state index contributed by atoms with van der Waals surface area (Å²) in [6.45, 7) is 6.26. The van der Waals surface area contributed by atoms with Crippen molar-refractivity contribution in [2.75, 3.05) is 20.3 Å². The summed E-state index contributed by atoms with van der Waals surface area (Å²) < 4.78 is 24.7. The van der Waals surface area contributed by atoms with Gasteiger partial charge < -0.3 is 33.9 Å². The van der Waals surface area contributed by atoms with Gasteiger partial charge in [-0.15, -0.1) is 0 Å². The second-order valence-electron chi connectivity index (χ2n) is 5.27. The van der Waals surface area contributed by atoms with E-state index in [1.54, 1.807) is 6.92 Å². The number of aliphatic hydroxyl groups is 2. The highest BCUT2D eigenvalue weighted by Crippen LogP contribution is 2.26. The van der Waals surface area contributed by atoms with Gasteiger partial charge in [0.1, 0.15) is 25.4 Å². The SMILES string of the molecule is C=C(C)C(=O)OCCOC(=O)OC1[C@H](O)C(CC)O[C@H](OC)[C@H]1O. The van der Waals surface area contributed by atoms with Crippen molar-refractivity contribution in [2.45, 2.75) is 51.0 Å². The quantitative estimate of drug-likeness (QED) is 0.375. The van der Waals surface area contributed by atoms with E-state index >= 15 is 0 Å². The highest BCUT2D eigenvalue weighted by molar-refractivity contribution is 5.86. The molecule has 0 saturated carbocycles. The van der Waals surface area contributed by atoms with Gasteiger partial charge >= 0.3 is 12.1 Å². The first kappa shape index (κ1) is 20.4. The number of ether oxygens (including phenoxy) is 5. The van der Waals surface area contributed by atoms with Gasteiger partial charge in [0.05, 0.1) is 6.10 Å². The summed E-state index contributed by atoms with van der Waals surface area (Å²) in [6, 6.07) is 0. The third kappa shape index (κ3) is 5.45. The molecule has 0 aromatic rings. The Morgan fingerprint density at radius 3 is 2.33 bits per heavy atom. The summed E-state index contributed by atoms with van der Waals surface area (Å²) in [6.07, 6.45) is -6.25. The van der Waals surface area contributed by atoms with E-state index < -0.39 is 42.8 Å². The molecule has 1 fully saturated rings. The van der Waals surface area contributed by atoms with Crippen molar-refractivity contribution in [3.05, 3.63) is 12.2 Å². The molecule has 9 heteroatoms. The summed E-state index contributed by atoms with van der Waals surface area (Å²) in [5, 5.41) is 20.2. The van der Waals surface area contributed by atoms with Crippen LogP contribution in [0.5, 0.6) is 0 Å². The lowest BCUT2D eigenvalue weighted by atomic mass is 9.97. The normalized spacial score (nSPS) is 29.6. The average Bonchev–Trinajstić information content (AvgIpc) is 2.55. The number of carbonyl (C=O) groups excluding carboxylic acids is 2. The maximum absolute atomic E-state index is 11.7. The second kappa shape index (κ2) is 9.58. The zero-order valence-electron chi connectivity index (χ0n) is 14.0. The van der Waals surface area contributed by atoms with Gasteiger partial charge in [-0.05, 0) is 13.3 Å². The van der Waals surface area contributed by atoms with E-state index in [0.717, 1.165) is 0 Å². The lowest BCUT2D eigenvalue weighted by Crippen LogP contribution is -2.59. The predicted molar refractivity (Wildman–Crippen MR) is 80.0 cm³/mol. The molecule has 0 radical (unpaired) electrons. The summed E-state index contributed by atoms with van der Waals surface area (Å²) >= 11 is 0. The van der Waals surface area contributed by atoms with Gasteiger partial charge in [0.25, 0.3) is 0 Å². The van der Waals surface area contributed by atoms with Gasteiger partial charge in [0.2, 0.25) is 0 Å². The number of methoxy groups -OCH3 is 1. The minimum Gasteiger partial charge on any atom is -0.459 e. The summed E-state index contributed by atoms with van der Waals surface area (Å²) in [5.41, 5.74) is 0.224. The molecule has 1 saturated heterocycles. The first-order valence-electron chi connectivity index (χ1n) is 7.52. The van der Waals surface area contributed by atoms with Crippen LogP contribution in [-0.2, 0) is 28.5 Å². The highest BCUT2D eigenvalue weighted by atomic mass is 16.7. The molecule has 1 rings (SSSR count). The molecule has 2 N–H and O–H groups in total. The molecule has 0 spiro atoms. The molecule has 0 amide bonds. The van der Waals surface area contributed by atoms with Crippen LogP contribution >= 0.6 is 0 Å². The molecule has 0 bridgehead atoms. The standard InChI is InChI=1S/C15H24O9/c1-5-9-10(16)12(11(17)14(20-4)23-9)24-15(19)22-7-6-21-13(18)8(2)3/h9-12,14,16-17H,2,5-7H2,1,3-4H3/t9?,10-,11+,12?,14+/m1/s1. The van der Waals surface area contributed by atoms with Crippen LogP contribution in [0.3, 0.4) is 0 Å². The van der Waals surface area contributed by atoms with E-state index in [9.17, 15) is 19.8 Å². The number of carbonyl (C=O) groups is 2. The van der Waals surface area contributed by atoms with Crippen LogP contribution in [0.1, 0.15) is 20.3 Å². The Balaban J connectivity index is 2.48. The monoisotopic (exact) mass is 348 g/mol. The molecule has 24 heavy (non-hydrogen) atoms. The number of hydrogen-bond donors (Lipinski definition) is 2. The third-order valence-electron chi connectivity index (χ3n) is 3.39. The smallest absolute Gasteiger partial charge is 0.459 e. The number of aliphatic hydroxyl groups excluding tert-OH is 2. The molecule has 138 valence electrons. The van der Waals surface area contributed by atoms with Crippen LogP contribution in [-0.4, -0.2) is 73.4 Å². The van der Waals surface area contributed by atoms with Crippen molar-refractivity contribution >= 4 is 12.1 Å². The molecule has 0 aromatic carbocycles. The molecule has 1 aliphatic heterocycles. The maximum atomic E-state index is 11.7. The zero-order chi connectivity index (χ0) is 18.3. The van der Waals surface area contributed by atoms with Gasteiger partial charge in [-0.2, -0.15) is 0 Å². The molecule has 0 aromatic heterocycles. The topological polar surface area (TPSA) is 121 Å². The minimum atomic E-state index is -1.37. The third-order valence-corrected chi connectivity index (χ3v) is 3.39. The fourth-order valence-electron chi connectivity index (χ4n) is 2.10. The van der Waals surface area contributed by atoms with E-state index in [1.165, 1.54) is 14.0 Å². The van der Waals surface area contributed by atoms with Crippen molar-refractivity contribution in [3.63, 3.8) is 0 Å². The van der Waals surface area contributed by atoms with Crippen molar-refractivity contribution in [1.82, 2.24) is 0 Å². The second-order valence-corrected chi connectivity index (χ2v) is 5.27. The van der Waals surface area contributed by atoms with Crippen molar-refractivity contribution in [2.24, 2.45) is 0 Å². The van der Waals surface area contributed by atoms with Gasteiger partial charge in [0.15, 0.2) is 12.4 Å². The molecule has 5 atom stereocenters. The Morgan fingerprint density at radius 2 is 1.79 bits per heavy atom. The van der Waals surface area contributed by atoms with Crippen molar-refractivity contribution in [1.29, 1.82) is 0 Å². The van der Waals surface area contributed by atoms with Crippen molar-refractivity contribution < 1.29 is 43.5 Å². The highest BCUT2D eigenvalue weighted by Gasteiger charge is 2.46. The largest absolute Gasteiger partial charge is 0.508 e. The Labute approximate surface area is 140 Å². The van der Waals surface area contributed by atoms with Gasteiger partial charge in [-0.1, -0.05) is 13.5 Å². The molecule has 1 heterocycles. The molecule has 0 aliphatic carbocycles. The Kier molecular flexibility index (Phi) is 8.13. The molecular formula is C15H24O9. The van der Waals surface area contributed by atoms with Crippen LogP contribution in [0.4, 0.5) is 4.79 Å². The fourth-order valence-corrected chi connectivity index (χ4v) is 2.10. The Morgan fingerprint density at radius 1 is 1.17 bits per heavy atom. The van der Waals surface area contributed by atoms with E-state index in [1.807, 2.05) is 0 Å². The van der Waals surface area contributed by atoms with Gasteiger partial charge in [-0.3, -0.25) is 0 Å². The number of rotatable bonds is 7. The predicted octanol–water partition coefficient (Wildman–Crippen LogP) is 0.131. The molecular weight excluding hydrogens is 324 g/mol. The first-order valence-corrected chi connectivity index (χ1v) is 7.52. The fraction of sp³-hybridized carbons (Fsp3) is 0.733. The summed E-state index contributed by atoms with van der Waals surface area (Å²) in [5.74, 6) is -0.601. The minimum absolute atomic E-state index is 0.169. The Hall–Kier alpha value is -1.68. The average molecular weight is 348 g/mol. The lowest BCUT2D eigenvalue weighted by molar-refractivity contribution is -0.291. The van der Waals surface area contributed by atoms with Crippen LogP contribution in [0.15, 0.2) is 12.2 Å². The van der Waals surface area contributed by atoms with Gasteiger partial charge in [0, 0.05) is 12.7 Å². The van der Waals surface area contributed by atoms with E-state index in [0.29, 0.717) is 6.42 Å². The summed E-state index contributed by atoms with van der Waals surface area (Å²) in [4.78, 5) is 22.8. The number of hydrogen-bond acceptors (Lipinski definition) is 9. The van der Waals surface area contributed by atoms with Crippen LogP contribution < -0.4 is 0 Å². The molecule has 1 aliphatic rings. The molecule has 2 unspecified atom stereocenters.